The first-order valence-electron chi connectivity index (χ1n) is 2.64. The third kappa shape index (κ3) is 2.25. The molecule has 0 unspecified atom stereocenters. The van der Waals surface area contributed by atoms with E-state index in [2.05, 4.69) is 21.7 Å². The topological polar surface area (TPSA) is 68.1 Å². The van der Waals surface area contributed by atoms with Gasteiger partial charge in [-0.2, -0.15) is 0 Å². The fraction of sp³-hybridized carbons (Fsp3) is 0. The lowest BCUT2D eigenvalue weighted by atomic mass is 10.3. The van der Waals surface area contributed by atoms with E-state index in [0.29, 0.717) is 10.2 Å². The molecular formula is C6H7BrClNO2. The van der Waals surface area contributed by atoms with E-state index in [9.17, 15) is 0 Å². The molecular weight excluding hydrogens is 233 g/mol. The van der Waals surface area contributed by atoms with Crippen molar-refractivity contribution in [2.75, 3.05) is 0 Å². The van der Waals surface area contributed by atoms with Crippen LogP contribution in [0.4, 0.5) is 5.69 Å². The minimum atomic E-state index is -0.164. The molecule has 0 aliphatic heterocycles. The summed E-state index contributed by atoms with van der Waals surface area (Å²) in [6, 6.07) is 3.03. The van der Waals surface area contributed by atoms with Gasteiger partial charge in [0.2, 0.25) is 5.75 Å². The summed E-state index contributed by atoms with van der Waals surface area (Å²) in [4.78, 5) is 0. The van der Waals surface area contributed by atoms with Gasteiger partial charge in [0, 0.05) is 10.5 Å². The molecule has 0 aliphatic rings. The van der Waals surface area contributed by atoms with Crippen molar-refractivity contribution in [3.63, 3.8) is 0 Å². The van der Waals surface area contributed by atoms with Crippen LogP contribution in [0, 0.1) is 0 Å². The fourth-order valence-corrected chi connectivity index (χ4v) is 1.13. The van der Waals surface area contributed by atoms with Crippen LogP contribution in [0.3, 0.4) is 0 Å². The van der Waals surface area contributed by atoms with Gasteiger partial charge in [-0.3, -0.25) is 0 Å². The van der Waals surface area contributed by atoms with Gasteiger partial charge in [0.05, 0.1) is 0 Å². The molecule has 1 aromatic carbocycles. The number of quaternary nitrogens is 1. The molecule has 0 bridgehead atoms. The second-order valence-electron chi connectivity index (χ2n) is 1.93. The number of benzene rings is 1. The Balaban J connectivity index is 0.000001000. The maximum atomic E-state index is 9.00. The zero-order chi connectivity index (χ0) is 7.72. The van der Waals surface area contributed by atoms with Gasteiger partial charge in [-0.1, -0.05) is 15.9 Å². The van der Waals surface area contributed by atoms with E-state index < -0.39 is 0 Å². The van der Waals surface area contributed by atoms with Crippen LogP contribution in [0.5, 0.6) is 11.5 Å². The summed E-state index contributed by atoms with van der Waals surface area (Å²) >= 11 is 3.14. The van der Waals surface area contributed by atoms with E-state index in [-0.39, 0.29) is 23.9 Å². The Kier molecular flexibility index (Phi) is 3.65. The molecule has 1 rings (SSSR count). The largest absolute Gasteiger partial charge is 1.00 e. The molecule has 0 aliphatic carbocycles. The van der Waals surface area contributed by atoms with Crippen LogP contribution in [-0.4, -0.2) is 10.2 Å². The summed E-state index contributed by atoms with van der Waals surface area (Å²) in [5, 5.41) is 18.0. The molecule has 5 heteroatoms. The van der Waals surface area contributed by atoms with Gasteiger partial charge in [0.25, 0.3) is 0 Å². The van der Waals surface area contributed by atoms with Crippen LogP contribution in [0.2, 0.25) is 0 Å². The van der Waals surface area contributed by atoms with Crippen molar-refractivity contribution in [1.82, 2.24) is 0 Å². The maximum Gasteiger partial charge on any atom is 0.219 e. The molecule has 0 heterocycles. The Bertz CT molecular complexity index is 244. The van der Waals surface area contributed by atoms with Crippen molar-refractivity contribution >= 4 is 21.6 Å². The standard InChI is InChI=1S/C6H6BrNO2.ClH/c7-3-1-4(8)6(10)5(9)2-3;/h1-2,9-10H,8H2;1H. The SMILES string of the molecule is [Cl-].[NH3+]c1cc(Br)cc(O)c1O. The molecule has 0 aromatic heterocycles. The molecule has 1 aromatic rings. The summed E-state index contributed by atoms with van der Waals surface area (Å²) in [6.45, 7) is 0. The van der Waals surface area contributed by atoms with E-state index in [1.165, 1.54) is 6.07 Å². The molecule has 0 saturated heterocycles. The number of rotatable bonds is 0. The Morgan fingerprint density at radius 3 is 2.27 bits per heavy atom. The number of aromatic hydroxyl groups is 2. The molecule has 5 N–H and O–H groups in total. The van der Waals surface area contributed by atoms with E-state index >= 15 is 0 Å². The summed E-state index contributed by atoms with van der Waals surface area (Å²) in [5.41, 5.74) is 3.91. The van der Waals surface area contributed by atoms with Crippen molar-refractivity contribution in [1.29, 1.82) is 0 Å². The molecule has 3 nitrogen and oxygen atoms in total. The molecule has 0 fully saturated rings. The van der Waals surface area contributed by atoms with Crippen molar-refractivity contribution in [3.05, 3.63) is 16.6 Å². The average molecular weight is 240 g/mol. The van der Waals surface area contributed by atoms with Gasteiger partial charge >= 0.3 is 0 Å². The third-order valence-corrected chi connectivity index (χ3v) is 1.59. The van der Waals surface area contributed by atoms with E-state index in [0.717, 1.165) is 0 Å². The van der Waals surface area contributed by atoms with E-state index in [4.69, 9.17) is 10.2 Å². The zero-order valence-corrected chi connectivity index (χ0v) is 7.85. The Morgan fingerprint density at radius 2 is 1.82 bits per heavy atom. The van der Waals surface area contributed by atoms with Gasteiger partial charge in [0.1, 0.15) is 0 Å². The predicted molar refractivity (Wildman–Crippen MR) is 40.0 cm³/mol. The van der Waals surface area contributed by atoms with Crippen LogP contribution >= 0.6 is 15.9 Å². The van der Waals surface area contributed by atoms with Crippen LogP contribution < -0.4 is 18.1 Å². The minimum absolute atomic E-state index is 0. The number of phenolic OH excluding ortho intramolecular Hbond substituents is 2. The normalized spacial score (nSPS) is 8.91. The number of halogens is 2. The Labute approximate surface area is 78.4 Å². The van der Waals surface area contributed by atoms with Gasteiger partial charge in [0.15, 0.2) is 11.4 Å². The second kappa shape index (κ2) is 3.80. The number of hydrogen-bond donors (Lipinski definition) is 3. The zero-order valence-electron chi connectivity index (χ0n) is 5.51. The summed E-state index contributed by atoms with van der Waals surface area (Å²) in [6.07, 6.45) is 0. The van der Waals surface area contributed by atoms with Crippen molar-refractivity contribution in [2.45, 2.75) is 0 Å². The first kappa shape index (κ1) is 10.6. The predicted octanol–water partition coefficient (Wildman–Crippen LogP) is -2.26. The Morgan fingerprint density at radius 1 is 1.27 bits per heavy atom. The van der Waals surface area contributed by atoms with Crippen LogP contribution in [0.25, 0.3) is 0 Å². The van der Waals surface area contributed by atoms with Gasteiger partial charge < -0.3 is 28.4 Å². The monoisotopic (exact) mass is 239 g/mol. The minimum Gasteiger partial charge on any atom is -1.00 e. The van der Waals surface area contributed by atoms with Gasteiger partial charge in [-0.15, -0.1) is 0 Å². The van der Waals surface area contributed by atoms with Crippen LogP contribution in [0.1, 0.15) is 0 Å². The van der Waals surface area contributed by atoms with Crippen molar-refractivity contribution in [3.8, 4) is 11.5 Å². The maximum absolute atomic E-state index is 9.00. The lowest BCUT2D eigenvalue weighted by Gasteiger charge is -1.97. The first-order chi connectivity index (χ1) is 4.61. The van der Waals surface area contributed by atoms with E-state index in [1.54, 1.807) is 6.07 Å². The smallest absolute Gasteiger partial charge is 0.219 e. The van der Waals surface area contributed by atoms with Gasteiger partial charge in [-0.25, -0.2) is 0 Å². The number of phenols is 2. The fourth-order valence-electron chi connectivity index (χ4n) is 0.640. The molecule has 0 saturated carbocycles. The molecule has 62 valence electrons. The quantitative estimate of drug-likeness (QED) is 0.448. The summed E-state index contributed by atoms with van der Waals surface area (Å²) < 4.78 is 0.702. The van der Waals surface area contributed by atoms with Gasteiger partial charge in [-0.05, 0) is 6.07 Å². The summed E-state index contributed by atoms with van der Waals surface area (Å²) in [7, 11) is 0. The third-order valence-electron chi connectivity index (χ3n) is 1.13. The van der Waals surface area contributed by atoms with Crippen molar-refractivity contribution < 1.29 is 28.4 Å². The first-order valence-corrected chi connectivity index (χ1v) is 3.44. The average Bonchev–Trinajstić information content (AvgIpc) is 1.82. The molecule has 0 amide bonds. The molecule has 11 heavy (non-hydrogen) atoms. The highest BCUT2D eigenvalue weighted by molar-refractivity contribution is 9.10. The van der Waals surface area contributed by atoms with Crippen LogP contribution in [0.15, 0.2) is 16.6 Å². The lowest BCUT2D eigenvalue weighted by Crippen LogP contribution is -3.00. The van der Waals surface area contributed by atoms with Crippen molar-refractivity contribution in [2.24, 2.45) is 0 Å². The highest BCUT2D eigenvalue weighted by Gasteiger charge is 2.06. The summed E-state index contributed by atoms with van der Waals surface area (Å²) in [5.74, 6) is -0.317. The highest BCUT2D eigenvalue weighted by Crippen LogP contribution is 2.32. The second-order valence-corrected chi connectivity index (χ2v) is 2.85. The Hall–Kier alpha value is -0.450. The molecule has 0 spiro atoms. The number of hydrogen-bond acceptors (Lipinski definition) is 2. The highest BCUT2D eigenvalue weighted by atomic mass is 79.9. The van der Waals surface area contributed by atoms with Crippen LogP contribution in [-0.2, 0) is 0 Å². The lowest BCUT2D eigenvalue weighted by molar-refractivity contribution is -0.256. The molecule has 0 radical (unpaired) electrons. The van der Waals surface area contributed by atoms with E-state index in [1.807, 2.05) is 0 Å². The molecule has 0 atom stereocenters.